The molecule has 0 aliphatic carbocycles. The molecule has 1 fully saturated rings. The molecule has 1 aliphatic heterocycles. The minimum atomic E-state index is -2.81. The predicted molar refractivity (Wildman–Crippen MR) is 67.8 cm³/mol. The third-order valence-corrected chi connectivity index (χ3v) is 4.59. The fourth-order valence-electron chi connectivity index (χ4n) is 1.90. The summed E-state index contributed by atoms with van der Waals surface area (Å²) < 4.78 is 27.8. The van der Waals surface area contributed by atoms with Gasteiger partial charge in [-0.15, -0.1) is 0 Å². The standard InChI is InChI=1S/C11H19N3O3S/c1-2-12-8-10-7-11(17-13-10)9-14-3-5-18(15,16)6-4-14/h7,12H,2-6,8-9H2,1H3. The molecule has 18 heavy (non-hydrogen) atoms. The highest BCUT2D eigenvalue weighted by Crippen LogP contribution is 2.11. The Kier molecular flexibility index (Phi) is 4.36. The summed E-state index contributed by atoms with van der Waals surface area (Å²) in [5.41, 5.74) is 0.886. The van der Waals surface area contributed by atoms with E-state index >= 15 is 0 Å². The predicted octanol–water partition coefficient (Wildman–Crippen LogP) is 0.0145. The van der Waals surface area contributed by atoms with Crippen LogP contribution in [-0.4, -0.2) is 49.6 Å². The molecule has 0 unspecified atom stereocenters. The molecule has 6 nitrogen and oxygen atoms in total. The van der Waals surface area contributed by atoms with E-state index in [2.05, 4.69) is 15.4 Å². The van der Waals surface area contributed by atoms with Crippen LogP contribution >= 0.6 is 0 Å². The van der Waals surface area contributed by atoms with Crippen LogP contribution in [0.25, 0.3) is 0 Å². The molecule has 1 aromatic rings. The van der Waals surface area contributed by atoms with E-state index in [-0.39, 0.29) is 11.5 Å². The second-order valence-electron chi connectivity index (χ2n) is 4.49. The number of nitrogens with zero attached hydrogens (tertiary/aromatic N) is 2. The summed E-state index contributed by atoms with van der Waals surface area (Å²) in [6.07, 6.45) is 0. The lowest BCUT2D eigenvalue weighted by molar-refractivity contribution is 0.246. The van der Waals surface area contributed by atoms with Gasteiger partial charge in [0.25, 0.3) is 0 Å². The summed E-state index contributed by atoms with van der Waals surface area (Å²) in [7, 11) is -2.81. The Hall–Kier alpha value is -0.920. The first-order chi connectivity index (χ1) is 8.59. The van der Waals surface area contributed by atoms with Gasteiger partial charge in [0.1, 0.15) is 0 Å². The monoisotopic (exact) mass is 273 g/mol. The molecular formula is C11H19N3O3S. The van der Waals surface area contributed by atoms with Gasteiger partial charge in [-0.05, 0) is 6.54 Å². The molecule has 2 heterocycles. The molecule has 102 valence electrons. The van der Waals surface area contributed by atoms with Gasteiger partial charge in [0.2, 0.25) is 0 Å². The molecule has 1 aliphatic rings. The average molecular weight is 273 g/mol. The van der Waals surface area contributed by atoms with Crippen molar-refractivity contribution in [2.75, 3.05) is 31.1 Å². The Morgan fingerprint density at radius 1 is 1.44 bits per heavy atom. The van der Waals surface area contributed by atoms with Crippen LogP contribution < -0.4 is 5.32 Å². The molecule has 0 saturated carbocycles. The number of rotatable bonds is 5. The van der Waals surface area contributed by atoms with Crippen LogP contribution in [0, 0.1) is 0 Å². The van der Waals surface area contributed by atoms with E-state index in [1.54, 1.807) is 0 Å². The van der Waals surface area contributed by atoms with Gasteiger partial charge in [-0.2, -0.15) is 0 Å². The molecule has 1 saturated heterocycles. The van der Waals surface area contributed by atoms with Crippen LogP contribution in [0.3, 0.4) is 0 Å². The number of hydrogen-bond donors (Lipinski definition) is 1. The molecule has 2 rings (SSSR count). The third kappa shape index (κ3) is 3.79. The minimum absolute atomic E-state index is 0.241. The van der Waals surface area contributed by atoms with Crippen molar-refractivity contribution >= 4 is 9.84 Å². The molecule has 0 bridgehead atoms. The SMILES string of the molecule is CCNCc1cc(CN2CCS(=O)(=O)CC2)on1. The molecule has 7 heteroatoms. The van der Waals surface area contributed by atoms with Gasteiger partial charge >= 0.3 is 0 Å². The highest BCUT2D eigenvalue weighted by molar-refractivity contribution is 7.91. The van der Waals surface area contributed by atoms with Crippen molar-refractivity contribution in [2.45, 2.75) is 20.0 Å². The number of nitrogens with one attached hydrogen (secondary N) is 1. The Morgan fingerprint density at radius 2 is 2.17 bits per heavy atom. The molecular weight excluding hydrogens is 254 g/mol. The summed E-state index contributed by atoms with van der Waals surface area (Å²) in [4.78, 5) is 2.08. The van der Waals surface area contributed by atoms with Crippen molar-refractivity contribution in [2.24, 2.45) is 0 Å². The molecule has 0 radical (unpaired) electrons. The zero-order chi connectivity index (χ0) is 13.0. The normalized spacial score (nSPS) is 20.1. The van der Waals surface area contributed by atoms with Crippen LogP contribution in [0.4, 0.5) is 0 Å². The molecule has 0 aromatic carbocycles. The van der Waals surface area contributed by atoms with Crippen molar-refractivity contribution in [3.8, 4) is 0 Å². The Morgan fingerprint density at radius 3 is 2.83 bits per heavy atom. The van der Waals surface area contributed by atoms with Crippen LogP contribution in [0.1, 0.15) is 18.4 Å². The largest absolute Gasteiger partial charge is 0.360 e. The van der Waals surface area contributed by atoms with Crippen LogP contribution in [-0.2, 0) is 22.9 Å². The maximum atomic E-state index is 11.3. The van der Waals surface area contributed by atoms with Gasteiger partial charge in [-0.1, -0.05) is 12.1 Å². The minimum Gasteiger partial charge on any atom is -0.360 e. The van der Waals surface area contributed by atoms with Crippen molar-refractivity contribution < 1.29 is 12.9 Å². The van der Waals surface area contributed by atoms with Crippen LogP contribution in [0.5, 0.6) is 0 Å². The van der Waals surface area contributed by atoms with E-state index in [4.69, 9.17) is 4.52 Å². The zero-order valence-corrected chi connectivity index (χ0v) is 11.4. The van der Waals surface area contributed by atoms with Gasteiger partial charge in [0, 0.05) is 25.7 Å². The highest BCUT2D eigenvalue weighted by Gasteiger charge is 2.22. The Balaban J connectivity index is 1.84. The van der Waals surface area contributed by atoms with Crippen LogP contribution in [0.2, 0.25) is 0 Å². The second kappa shape index (κ2) is 5.81. The fraction of sp³-hybridized carbons (Fsp3) is 0.727. The maximum Gasteiger partial charge on any atom is 0.152 e. The van der Waals surface area contributed by atoms with Crippen molar-refractivity contribution in [3.63, 3.8) is 0 Å². The lowest BCUT2D eigenvalue weighted by Crippen LogP contribution is -2.39. The molecule has 0 amide bonds. The summed E-state index contributed by atoms with van der Waals surface area (Å²) >= 11 is 0. The van der Waals surface area contributed by atoms with Crippen molar-refractivity contribution in [1.82, 2.24) is 15.4 Å². The molecule has 0 spiro atoms. The van der Waals surface area contributed by atoms with E-state index < -0.39 is 9.84 Å². The van der Waals surface area contributed by atoms with E-state index in [0.29, 0.717) is 26.2 Å². The van der Waals surface area contributed by atoms with E-state index in [9.17, 15) is 8.42 Å². The molecule has 0 atom stereocenters. The van der Waals surface area contributed by atoms with Crippen LogP contribution in [0.15, 0.2) is 10.6 Å². The van der Waals surface area contributed by atoms with Gasteiger partial charge in [-0.25, -0.2) is 8.42 Å². The van der Waals surface area contributed by atoms with Gasteiger partial charge in [-0.3, -0.25) is 4.90 Å². The zero-order valence-electron chi connectivity index (χ0n) is 10.6. The lowest BCUT2D eigenvalue weighted by atomic mass is 10.3. The first kappa shape index (κ1) is 13.5. The first-order valence-electron chi connectivity index (χ1n) is 6.17. The highest BCUT2D eigenvalue weighted by atomic mass is 32.2. The summed E-state index contributed by atoms with van der Waals surface area (Å²) in [6, 6.07) is 1.92. The van der Waals surface area contributed by atoms with Gasteiger partial charge in [0.15, 0.2) is 15.6 Å². The van der Waals surface area contributed by atoms with Crippen molar-refractivity contribution in [1.29, 1.82) is 0 Å². The summed E-state index contributed by atoms with van der Waals surface area (Å²) in [5.74, 6) is 1.28. The van der Waals surface area contributed by atoms with E-state index in [1.165, 1.54) is 0 Å². The van der Waals surface area contributed by atoms with Gasteiger partial charge < -0.3 is 9.84 Å². The van der Waals surface area contributed by atoms with E-state index in [1.807, 2.05) is 13.0 Å². The average Bonchev–Trinajstić information content (AvgIpc) is 2.77. The number of sulfone groups is 1. The number of aromatic nitrogens is 1. The van der Waals surface area contributed by atoms with E-state index in [0.717, 1.165) is 18.0 Å². The Bertz CT molecular complexity index is 469. The lowest BCUT2D eigenvalue weighted by Gasteiger charge is -2.25. The smallest absolute Gasteiger partial charge is 0.152 e. The quantitative estimate of drug-likeness (QED) is 0.815. The first-order valence-corrected chi connectivity index (χ1v) is 7.99. The third-order valence-electron chi connectivity index (χ3n) is 2.98. The van der Waals surface area contributed by atoms with Gasteiger partial charge in [0.05, 0.1) is 23.7 Å². The number of hydrogen-bond acceptors (Lipinski definition) is 6. The maximum absolute atomic E-state index is 11.3. The summed E-state index contributed by atoms with van der Waals surface area (Å²) in [5, 5.41) is 7.14. The summed E-state index contributed by atoms with van der Waals surface area (Å²) in [6.45, 7) is 5.42. The molecule has 1 aromatic heterocycles. The second-order valence-corrected chi connectivity index (χ2v) is 6.80. The topological polar surface area (TPSA) is 75.4 Å². The van der Waals surface area contributed by atoms with Crippen molar-refractivity contribution in [3.05, 3.63) is 17.5 Å². The molecule has 1 N–H and O–H groups in total. The Labute approximate surface area is 107 Å². The fourth-order valence-corrected chi connectivity index (χ4v) is 3.17.